The molecule has 3 amide bonds. The lowest BCUT2D eigenvalue weighted by molar-refractivity contribution is -0.137. The standard InChI is InChI=1S/C10H15N3O3/c14-8-3-2-7(12-8)10(16)13-5-1-4-11-9(15)6-13/h7H,1-6H2,(H,11,15)(H,12,14). The number of hydrogen-bond acceptors (Lipinski definition) is 3. The summed E-state index contributed by atoms with van der Waals surface area (Å²) in [5.41, 5.74) is 0. The summed E-state index contributed by atoms with van der Waals surface area (Å²) in [6.45, 7) is 1.29. The van der Waals surface area contributed by atoms with Crippen LogP contribution in [0.4, 0.5) is 0 Å². The van der Waals surface area contributed by atoms with Crippen LogP contribution in [0.3, 0.4) is 0 Å². The molecule has 0 aromatic heterocycles. The van der Waals surface area contributed by atoms with Crippen LogP contribution in [0.25, 0.3) is 0 Å². The minimum atomic E-state index is -0.432. The van der Waals surface area contributed by atoms with Crippen LogP contribution in [0.1, 0.15) is 19.3 Å². The maximum Gasteiger partial charge on any atom is 0.245 e. The number of carbonyl (C=O) groups is 3. The lowest BCUT2D eigenvalue weighted by Gasteiger charge is -2.22. The van der Waals surface area contributed by atoms with Crippen LogP contribution in [-0.4, -0.2) is 48.3 Å². The first-order valence-corrected chi connectivity index (χ1v) is 5.51. The molecule has 1 unspecified atom stereocenters. The van der Waals surface area contributed by atoms with Crippen molar-refractivity contribution in [2.24, 2.45) is 0 Å². The molecule has 88 valence electrons. The van der Waals surface area contributed by atoms with E-state index in [2.05, 4.69) is 10.6 Å². The molecule has 2 aliphatic heterocycles. The minimum absolute atomic E-state index is 0.0855. The van der Waals surface area contributed by atoms with Gasteiger partial charge in [0.1, 0.15) is 6.04 Å². The Morgan fingerprint density at radius 2 is 2.12 bits per heavy atom. The van der Waals surface area contributed by atoms with Crippen LogP contribution in [0, 0.1) is 0 Å². The average molecular weight is 225 g/mol. The topological polar surface area (TPSA) is 78.5 Å². The summed E-state index contributed by atoms with van der Waals surface area (Å²) in [5.74, 6) is -0.351. The fourth-order valence-electron chi connectivity index (χ4n) is 2.01. The quantitative estimate of drug-likeness (QED) is 0.577. The molecule has 6 heteroatoms. The summed E-state index contributed by atoms with van der Waals surface area (Å²) < 4.78 is 0. The Bertz CT molecular complexity index is 329. The third kappa shape index (κ3) is 2.32. The van der Waals surface area contributed by atoms with Crippen molar-refractivity contribution in [2.75, 3.05) is 19.6 Å². The highest BCUT2D eigenvalue weighted by Gasteiger charge is 2.31. The van der Waals surface area contributed by atoms with Crippen molar-refractivity contribution in [3.05, 3.63) is 0 Å². The van der Waals surface area contributed by atoms with E-state index >= 15 is 0 Å². The summed E-state index contributed by atoms with van der Waals surface area (Å²) >= 11 is 0. The summed E-state index contributed by atoms with van der Waals surface area (Å²) in [6, 6.07) is -0.432. The van der Waals surface area contributed by atoms with Gasteiger partial charge in [-0.3, -0.25) is 14.4 Å². The normalized spacial score (nSPS) is 26.0. The van der Waals surface area contributed by atoms with E-state index in [1.807, 2.05) is 0 Å². The van der Waals surface area contributed by atoms with Gasteiger partial charge < -0.3 is 15.5 Å². The minimum Gasteiger partial charge on any atom is -0.354 e. The Morgan fingerprint density at radius 3 is 2.81 bits per heavy atom. The van der Waals surface area contributed by atoms with Crippen molar-refractivity contribution >= 4 is 17.7 Å². The highest BCUT2D eigenvalue weighted by molar-refractivity contribution is 5.93. The van der Waals surface area contributed by atoms with Crippen LogP contribution >= 0.6 is 0 Å². The van der Waals surface area contributed by atoms with E-state index in [4.69, 9.17) is 0 Å². The fraction of sp³-hybridized carbons (Fsp3) is 0.700. The van der Waals surface area contributed by atoms with Gasteiger partial charge in [-0.1, -0.05) is 0 Å². The van der Waals surface area contributed by atoms with E-state index < -0.39 is 6.04 Å². The second-order valence-corrected chi connectivity index (χ2v) is 4.12. The molecule has 2 fully saturated rings. The van der Waals surface area contributed by atoms with Crippen molar-refractivity contribution in [3.8, 4) is 0 Å². The number of hydrogen-bond donors (Lipinski definition) is 2. The monoisotopic (exact) mass is 225 g/mol. The molecule has 0 bridgehead atoms. The number of amides is 3. The third-order valence-corrected chi connectivity index (χ3v) is 2.87. The van der Waals surface area contributed by atoms with Gasteiger partial charge in [0, 0.05) is 19.5 Å². The van der Waals surface area contributed by atoms with Gasteiger partial charge in [-0.05, 0) is 12.8 Å². The van der Waals surface area contributed by atoms with Crippen molar-refractivity contribution < 1.29 is 14.4 Å². The first-order valence-electron chi connectivity index (χ1n) is 5.51. The molecule has 0 aliphatic carbocycles. The zero-order valence-electron chi connectivity index (χ0n) is 8.99. The van der Waals surface area contributed by atoms with Gasteiger partial charge in [-0.25, -0.2) is 0 Å². The molecule has 16 heavy (non-hydrogen) atoms. The highest BCUT2D eigenvalue weighted by Crippen LogP contribution is 2.10. The predicted molar refractivity (Wildman–Crippen MR) is 55.4 cm³/mol. The fourth-order valence-corrected chi connectivity index (χ4v) is 2.01. The summed E-state index contributed by atoms with van der Waals surface area (Å²) in [5, 5.41) is 5.33. The second-order valence-electron chi connectivity index (χ2n) is 4.12. The smallest absolute Gasteiger partial charge is 0.245 e. The second kappa shape index (κ2) is 4.51. The largest absolute Gasteiger partial charge is 0.354 e. The maximum absolute atomic E-state index is 12.0. The Kier molecular flexibility index (Phi) is 3.07. The molecular formula is C10H15N3O3. The molecule has 0 saturated carbocycles. The van der Waals surface area contributed by atoms with Gasteiger partial charge in [0.2, 0.25) is 17.7 Å². The van der Waals surface area contributed by atoms with Crippen LogP contribution in [0.2, 0.25) is 0 Å². The lowest BCUT2D eigenvalue weighted by atomic mass is 10.2. The summed E-state index contributed by atoms with van der Waals surface area (Å²) in [6.07, 6.45) is 1.70. The van der Waals surface area contributed by atoms with Crippen LogP contribution in [0.15, 0.2) is 0 Å². The molecule has 1 atom stereocenters. The van der Waals surface area contributed by atoms with Crippen molar-refractivity contribution in [1.82, 2.24) is 15.5 Å². The van der Waals surface area contributed by atoms with Gasteiger partial charge in [0.05, 0.1) is 6.54 Å². The Hall–Kier alpha value is -1.59. The molecule has 2 N–H and O–H groups in total. The van der Waals surface area contributed by atoms with E-state index in [-0.39, 0.29) is 24.3 Å². The summed E-state index contributed by atoms with van der Waals surface area (Å²) in [7, 11) is 0. The molecule has 2 saturated heterocycles. The number of rotatable bonds is 1. The summed E-state index contributed by atoms with van der Waals surface area (Å²) in [4.78, 5) is 35.8. The molecule has 6 nitrogen and oxygen atoms in total. The molecule has 0 radical (unpaired) electrons. The van der Waals surface area contributed by atoms with Gasteiger partial charge in [0.25, 0.3) is 0 Å². The number of nitrogens with one attached hydrogen (secondary N) is 2. The van der Waals surface area contributed by atoms with E-state index in [1.165, 1.54) is 4.90 Å². The Morgan fingerprint density at radius 1 is 1.31 bits per heavy atom. The van der Waals surface area contributed by atoms with Crippen molar-refractivity contribution in [2.45, 2.75) is 25.3 Å². The van der Waals surface area contributed by atoms with E-state index in [9.17, 15) is 14.4 Å². The highest BCUT2D eigenvalue weighted by atomic mass is 16.2. The predicted octanol–water partition coefficient (Wildman–Crippen LogP) is -1.39. The maximum atomic E-state index is 12.0. The van der Waals surface area contributed by atoms with Crippen LogP contribution in [-0.2, 0) is 14.4 Å². The van der Waals surface area contributed by atoms with E-state index in [1.54, 1.807) is 0 Å². The first kappa shape index (κ1) is 10.9. The van der Waals surface area contributed by atoms with Crippen LogP contribution in [0.5, 0.6) is 0 Å². The van der Waals surface area contributed by atoms with E-state index in [0.717, 1.165) is 6.42 Å². The Labute approximate surface area is 93.4 Å². The molecule has 0 spiro atoms. The van der Waals surface area contributed by atoms with Gasteiger partial charge in [-0.15, -0.1) is 0 Å². The Balaban J connectivity index is 1.97. The lowest BCUT2D eigenvalue weighted by Crippen LogP contribution is -2.46. The van der Waals surface area contributed by atoms with Gasteiger partial charge >= 0.3 is 0 Å². The average Bonchev–Trinajstić information content (AvgIpc) is 2.56. The molecule has 2 heterocycles. The zero-order valence-corrected chi connectivity index (χ0v) is 8.99. The molecule has 0 aromatic carbocycles. The van der Waals surface area contributed by atoms with Gasteiger partial charge in [-0.2, -0.15) is 0 Å². The zero-order chi connectivity index (χ0) is 11.5. The first-order chi connectivity index (χ1) is 7.66. The SMILES string of the molecule is O=C1CN(C(=O)C2CCC(=O)N2)CCCN1. The molecule has 0 aromatic rings. The van der Waals surface area contributed by atoms with Crippen molar-refractivity contribution in [1.29, 1.82) is 0 Å². The van der Waals surface area contributed by atoms with Crippen LogP contribution < -0.4 is 10.6 Å². The number of nitrogens with zero attached hydrogens (tertiary/aromatic N) is 1. The van der Waals surface area contributed by atoms with Crippen molar-refractivity contribution in [3.63, 3.8) is 0 Å². The third-order valence-electron chi connectivity index (χ3n) is 2.87. The van der Waals surface area contributed by atoms with E-state index in [0.29, 0.717) is 25.9 Å². The molecule has 2 rings (SSSR count). The van der Waals surface area contributed by atoms with Gasteiger partial charge in [0.15, 0.2) is 0 Å². The number of carbonyl (C=O) groups excluding carboxylic acids is 3. The molecular weight excluding hydrogens is 210 g/mol. The molecule has 2 aliphatic rings.